The number of sulfone groups is 1. The maximum absolute atomic E-state index is 15.0. The number of amides is 2. The summed E-state index contributed by atoms with van der Waals surface area (Å²) in [4.78, 5) is 39.1. The Kier molecular flexibility index (Phi) is 6.48. The minimum Gasteiger partial charge on any atom is -0.385 e. The van der Waals surface area contributed by atoms with Crippen LogP contribution in [-0.2, 0) is 32.3 Å². The van der Waals surface area contributed by atoms with Gasteiger partial charge in [-0.05, 0) is 71.7 Å². The van der Waals surface area contributed by atoms with Gasteiger partial charge in [0.05, 0.1) is 12.1 Å². The molecule has 7 nitrogen and oxygen atoms in total. The number of fused-ring (bicyclic) bond motifs is 1. The Hall–Kier alpha value is -3.37. The molecule has 2 aromatic carbocycles. The van der Waals surface area contributed by atoms with E-state index >= 15 is 4.39 Å². The number of ketones is 1. The zero-order valence-corrected chi connectivity index (χ0v) is 20.8. The van der Waals surface area contributed by atoms with E-state index in [4.69, 9.17) is 0 Å². The number of nitrogens with zero attached hydrogens (tertiary/aromatic N) is 1. The molecule has 0 bridgehead atoms. The van der Waals surface area contributed by atoms with Crippen LogP contribution < -0.4 is 10.2 Å². The van der Waals surface area contributed by atoms with E-state index < -0.39 is 39.0 Å². The molecule has 10 heteroatoms. The van der Waals surface area contributed by atoms with E-state index in [9.17, 15) is 22.8 Å². The molecule has 2 amide bonds. The first-order valence-corrected chi connectivity index (χ1v) is 14.0. The van der Waals surface area contributed by atoms with E-state index in [1.54, 1.807) is 29.6 Å². The van der Waals surface area contributed by atoms with Gasteiger partial charge in [-0.25, -0.2) is 17.7 Å². The maximum atomic E-state index is 15.0. The molecule has 1 aromatic heterocycles. The third-order valence-electron chi connectivity index (χ3n) is 6.23. The van der Waals surface area contributed by atoms with Gasteiger partial charge >= 0.3 is 0 Å². The van der Waals surface area contributed by atoms with Crippen molar-refractivity contribution in [3.05, 3.63) is 76.4 Å². The largest absolute Gasteiger partial charge is 0.385 e. The van der Waals surface area contributed by atoms with Gasteiger partial charge in [-0.1, -0.05) is 12.1 Å². The average molecular weight is 527 g/mol. The number of thiophene rings is 1. The molecule has 0 unspecified atom stereocenters. The number of Topliss-reactive ketones (excluding diaryl/α,β-unsaturated/α-hetero) is 1. The Morgan fingerprint density at radius 3 is 2.61 bits per heavy atom. The summed E-state index contributed by atoms with van der Waals surface area (Å²) in [7, 11) is -3.75. The lowest BCUT2D eigenvalue weighted by Gasteiger charge is -2.27. The van der Waals surface area contributed by atoms with Crippen LogP contribution >= 0.6 is 11.3 Å². The molecule has 36 heavy (non-hydrogen) atoms. The fourth-order valence-corrected chi connectivity index (χ4v) is 6.54. The van der Waals surface area contributed by atoms with E-state index in [-0.39, 0.29) is 28.3 Å². The number of carbonyl (C=O) groups excluding carboxylic acids is 3. The molecular formula is C26H23FN2O5S2. The minimum atomic E-state index is -3.75. The van der Waals surface area contributed by atoms with E-state index in [1.165, 1.54) is 31.0 Å². The average Bonchev–Trinajstić information content (AvgIpc) is 3.47. The van der Waals surface area contributed by atoms with Crippen LogP contribution in [0.2, 0.25) is 0 Å². The highest BCUT2D eigenvalue weighted by Gasteiger charge is 2.34. The van der Waals surface area contributed by atoms with Crippen LogP contribution in [0.1, 0.15) is 34.3 Å². The molecule has 2 aliphatic rings. The van der Waals surface area contributed by atoms with Gasteiger partial charge in [0.15, 0.2) is 15.6 Å². The molecule has 2 heterocycles. The normalized spacial score (nSPS) is 15.6. The molecule has 1 N–H and O–H groups in total. The maximum Gasteiger partial charge on any atom is 0.265 e. The number of halogens is 1. The lowest BCUT2D eigenvalue weighted by atomic mass is 9.96. The summed E-state index contributed by atoms with van der Waals surface area (Å²) in [6, 6.07) is 12.0. The van der Waals surface area contributed by atoms with Crippen molar-refractivity contribution in [2.75, 3.05) is 22.5 Å². The van der Waals surface area contributed by atoms with Crippen LogP contribution in [0.15, 0.2) is 58.1 Å². The van der Waals surface area contributed by atoms with Crippen LogP contribution in [0.3, 0.4) is 0 Å². The number of imide groups is 1. The summed E-state index contributed by atoms with van der Waals surface area (Å²) in [6.45, 7) is 0.854. The fourth-order valence-electron chi connectivity index (χ4n) is 4.21. The highest BCUT2D eigenvalue weighted by atomic mass is 32.2. The van der Waals surface area contributed by atoms with Gasteiger partial charge in [-0.2, -0.15) is 0 Å². The molecule has 0 spiro atoms. The van der Waals surface area contributed by atoms with Crippen LogP contribution in [0, 0.1) is 11.7 Å². The summed E-state index contributed by atoms with van der Waals surface area (Å²) < 4.78 is 39.8. The summed E-state index contributed by atoms with van der Waals surface area (Å²) in [5.41, 5.74) is 1.83. The van der Waals surface area contributed by atoms with Crippen molar-refractivity contribution >= 4 is 50.1 Å². The van der Waals surface area contributed by atoms with E-state index in [0.717, 1.165) is 34.5 Å². The van der Waals surface area contributed by atoms with Gasteiger partial charge in [-0.15, -0.1) is 11.3 Å². The highest BCUT2D eigenvalue weighted by molar-refractivity contribution is 7.94. The van der Waals surface area contributed by atoms with Crippen LogP contribution in [-0.4, -0.2) is 38.3 Å². The van der Waals surface area contributed by atoms with Crippen LogP contribution in [0.25, 0.3) is 0 Å². The fraction of sp³-hybridized carbons (Fsp3) is 0.269. The first kappa shape index (κ1) is 24.3. The molecule has 0 radical (unpaired) electrons. The quantitative estimate of drug-likeness (QED) is 0.423. The zero-order valence-electron chi connectivity index (χ0n) is 19.2. The van der Waals surface area contributed by atoms with Crippen molar-refractivity contribution in [1.82, 2.24) is 0 Å². The number of anilines is 2. The van der Waals surface area contributed by atoms with Crippen LogP contribution in [0.4, 0.5) is 15.8 Å². The molecular weight excluding hydrogens is 503 g/mol. The molecule has 1 saturated carbocycles. The van der Waals surface area contributed by atoms with Crippen molar-refractivity contribution in [3.63, 3.8) is 0 Å². The molecule has 0 atom stereocenters. The predicted octanol–water partition coefficient (Wildman–Crippen LogP) is 4.02. The Balaban J connectivity index is 1.30. The van der Waals surface area contributed by atoms with Crippen molar-refractivity contribution in [2.45, 2.75) is 29.9 Å². The summed E-state index contributed by atoms with van der Waals surface area (Å²) in [5.74, 6) is -2.59. The van der Waals surface area contributed by atoms with Crippen molar-refractivity contribution < 1.29 is 27.2 Å². The van der Waals surface area contributed by atoms with Gasteiger partial charge in [0.25, 0.3) is 5.91 Å². The Bertz CT molecular complexity index is 1460. The summed E-state index contributed by atoms with van der Waals surface area (Å²) in [5, 5.41) is 4.93. The Morgan fingerprint density at radius 1 is 1.11 bits per heavy atom. The van der Waals surface area contributed by atoms with E-state index in [0.29, 0.717) is 17.0 Å². The number of benzene rings is 2. The Labute approximate surface area is 211 Å². The monoisotopic (exact) mass is 526 g/mol. The molecule has 1 aliphatic carbocycles. The predicted molar refractivity (Wildman–Crippen MR) is 135 cm³/mol. The number of hydrogen-bond acceptors (Lipinski definition) is 7. The smallest absolute Gasteiger partial charge is 0.265 e. The molecule has 5 rings (SSSR count). The second-order valence-electron chi connectivity index (χ2n) is 9.10. The van der Waals surface area contributed by atoms with Gasteiger partial charge < -0.3 is 5.32 Å². The van der Waals surface area contributed by atoms with E-state index in [2.05, 4.69) is 5.32 Å². The topological polar surface area (TPSA) is 101 Å². The van der Waals surface area contributed by atoms with Crippen molar-refractivity contribution in [1.29, 1.82) is 0 Å². The first-order valence-electron chi connectivity index (χ1n) is 11.5. The SMILES string of the molecule is O=C(Cc1ccc(N2C(=O)Cc3cc(NCC4CC4)ccc3C2=O)c(F)c1)CS(=O)(=O)c1cccs1. The summed E-state index contributed by atoms with van der Waals surface area (Å²) in [6.07, 6.45) is 2.08. The van der Waals surface area contributed by atoms with Gasteiger partial charge in [0, 0.05) is 24.2 Å². The lowest BCUT2D eigenvalue weighted by Crippen LogP contribution is -2.43. The third-order valence-corrected chi connectivity index (χ3v) is 9.39. The van der Waals surface area contributed by atoms with Crippen molar-refractivity contribution in [3.8, 4) is 0 Å². The second-order valence-corrected chi connectivity index (χ2v) is 12.3. The second kappa shape index (κ2) is 9.59. The lowest BCUT2D eigenvalue weighted by molar-refractivity contribution is -0.118. The molecule has 1 aliphatic heterocycles. The van der Waals surface area contributed by atoms with Gasteiger partial charge in [0.2, 0.25) is 5.91 Å². The number of rotatable bonds is 9. The third kappa shape index (κ3) is 5.10. The van der Waals surface area contributed by atoms with Gasteiger partial charge in [-0.3, -0.25) is 14.4 Å². The molecule has 0 saturated heterocycles. The highest BCUT2D eigenvalue weighted by Crippen LogP contribution is 2.32. The zero-order chi connectivity index (χ0) is 25.4. The van der Waals surface area contributed by atoms with Gasteiger partial charge in [0.1, 0.15) is 15.8 Å². The van der Waals surface area contributed by atoms with Crippen LogP contribution in [0.5, 0.6) is 0 Å². The van der Waals surface area contributed by atoms with Crippen molar-refractivity contribution in [2.24, 2.45) is 5.92 Å². The molecule has 3 aromatic rings. The minimum absolute atomic E-state index is 0.0414. The number of hydrogen-bond donors (Lipinski definition) is 1. The number of carbonyl (C=O) groups is 3. The number of nitrogens with one attached hydrogen (secondary N) is 1. The molecule has 1 fully saturated rings. The molecule has 186 valence electrons. The van der Waals surface area contributed by atoms with E-state index in [1.807, 2.05) is 0 Å². The first-order chi connectivity index (χ1) is 17.2. The summed E-state index contributed by atoms with van der Waals surface area (Å²) >= 11 is 1.03. The standard InChI is InChI=1S/C26H23FN2O5S2/c27-22-11-17(10-20(30)15-36(33,34)25-2-1-9-35-25)5-8-23(22)29-24(31)13-18-12-19(28-14-16-3-4-16)6-7-21(18)26(29)32/h1-2,5-9,11-12,16,28H,3-4,10,13-15H2. The Morgan fingerprint density at radius 2 is 1.92 bits per heavy atom.